The van der Waals surface area contributed by atoms with Gasteiger partial charge in [-0.15, -0.1) is 0 Å². The van der Waals surface area contributed by atoms with E-state index in [2.05, 4.69) is 10.3 Å². The average Bonchev–Trinajstić information content (AvgIpc) is 2.73. The van der Waals surface area contributed by atoms with E-state index < -0.39 is 5.60 Å². The molecule has 1 aliphatic rings. The number of rotatable bonds is 5. The number of hydrogen-bond acceptors (Lipinski definition) is 4. The third-order valence-corrected chi connectivity index (χ3v) is 5.58. The summed E-state index contributed by atoms with van der Waals surface area (Å²) >= 11 is 0. The molecule has 0 radical (unpaired) electrons. The molecule has 172 valence electrons. The predicted octanol–water partition coefficient (Wildman–Crippen LogP) is 5.04. The summed E-state index contributed by atoms with van der Waals surface area (Å²) < 4.78 is 18.7. The number of piperidine rings is 1. The van der Waals surface area contributed by atoms with Gasteiger partial charge < -0.3 is 15.0 Å². The number of carbonyl (C=O) groups excluding carboxylic acids is 2. The topological polar surface area (TPSA) is 71.5 Å². The third-order valence-electron chi connectivity index (χ3n) is 5.58. The van der Waals surface area contributed by atoms with Crippen LogP contribution in [0.25, 0.3) is 0 Å². The van der Waals surface area contributed by atoms with E-state index in [1.165, 1.54) is 24.3 Å². The predicted molar refractivity (Wildman–Crippen MR) is 121 cm³/mol. The maximum atomic E-state index is 13.2. The van der Waals surface area contributed by atoms with Gasteiger partial charge in [-0.25, -0.2) is 9.18 Å². The van der Waals surface area contributed by atoms with Gasteiger partial charge in [-0.2, -0.15) is 0 Å². The van der Waals surface area contributed by atoms with E-state index in [1.807, 2.05) is 39.8 Å². The lowest BCUT2D eigenvalue weighted by Gasteiger charge is -2.35. The number of nitrogens with one attached hydrogen (secondary N) is 1. The van der Waals surface area contributed by atoms with Crippen LogP contribution in [0.2, 0.25) is 0 Å². The van der Waals surface area contributed by atoms with Crippen molar-refractivity contribution in [2.75, 3.05) is 13.1 Å². The molecule has 7 heteroatoms. The van der Waals surface area contributed by atoms with Crippen LogP contribution < -0.4 is 5.32 Å². The molecular formula is C25H32FN3O3. The van der Waals surface area contributed by atoms with Gasteiger partial charge in [0.1, 0.15) is 11.4 Å². The highest BCUT2D eigenvalue weighted by Crippen LogP contribution is 2.29. The molecule has 1 aliphatic heterocycles. The first-order valence-electron chi connectivity index (χ1n) is 11.1. The minimum atomic E-state index is -0.512. The van der Waals surface area contributed by atoms with Gasteiger partial charge in [0.2, 0.25) is 0 Å². The summed E-state index contributed by atoms with van der Waals surface area (Å²) in [6.45, 7) is 8.77. The summed E-state index contributed by atoms with van der Waals surface area (Å²) in [5.41, 5.74) is 1.74. The molecule has 1 unspecified atom stereocenters. The van der Waals surface area contributed by atoms with E-state index in [4.69, 9.17) is 4.74 Å². The SMILES string of the molecule is Cc1ccc(C(CC2CCN(C(=O)OC(C)(C)C)CC2)NC(=O)c2ccc(F)cc2)cn1. The summed E-state index contributed by atoms with van der Waals surface area (Å²) in [6.07, 6.45) is 3.92. The molecule has 0 bridgehead atoms. The Bertz CT molecular complexity index is 915. The van der Waals surface area contributed by atoms with Crippen LogP contribution in [-0.4, -0.2) is 40.6 Å². The molecule has 2 aromatic rings. The number of likely N-dealkylation sites (tertiary alicyclic amines) is 1. The van der Waals surface area contributed by atoms with E-state index in [0.29, 0.717) is 24.6 Å². The van der Waals surface area contributed by atoms with Gasteiger partial charge in [-0.05, 0) is 88.8 Å². The lowest BCUT2D eigenvalue weighted by Crippen LogP contribution is -2.42. The van der Waals surface area contributed by atoms with Crippen molar-refractivity contribution in [3.8, 4) is 0 Å². The number of amides is 2. The van der Waals surface area contributed by atoms with Gasteiger partial charge in [-0.3, -0.25) is 9.78 Å². The first-order valence-corrected chi connectivity index (χ1v) is 11.1. The second kappa shape index (κ2) is 10.1. The van der Waals surface area contributed by atoms with Crippen molar-refractivity contribution >= 4 is 12.0 Å². The first kappa shape index (κ1) is 23.7. The van der Waals surface area contributed by atoms with E-state index in [-0.39, 0.29) is 23.9 Å². The number of hydrogen-bond donors (Lipinski definition) is 1. The summed E-state index contributed by atoms with van der Waals surface area (Å²) in [6, 6.07) is 9.21. The van der Waals surface area contributed by atoms with E-state index in [9.17, 15) is 14.0 Å². The summed E-state index contributed by atoms with van der Waals surface area (Å²) in [5.74, 6) is -0.284. The number of ether oxygens (including phenoxy) is 1. The lowest BCUT2D eigenvalue weighted by molar-refractivity contribution is 0.0178. The van der Waals surface area contributed by atoms with E-state index in [0.717, 1.165) is 30.5 Å². The van der Waals surface area contributed by atoms with Crippen LogP contribution in [0.4, 0.5) is 9.18 Å². The fourth-order valence-corrected chi connectivity index (χ4v) is 3.82. The molecule has 0 saturated carbocycles. The highest BCUT2D eigenvalue weighted by molar-refractivity contribution is 5.94. The second-order valence-corrected chi connectivity index (χ2v) is 9.41. The Hall–Kier alpha value is -2.96. The van der Waals surface area contributed by atoms with Gasteiger partial charge in [0.05, 0.1) is 6.04 Å². The van der Waals surface area contributed by atoms with Crippen molar-refractivity contribution < 1.29 is 18.7 Å². The molecule has 6 nitrogen and oxygen atoms in total. The molecule has 0 aliphatic carbocycles. The normalized spacial score (nSPS) is 15.8. The van der Waals surface area contributed by atoms with Crippen molar-refractivity contribution in [1.82, 2.24) is 15.2 Å². The van der Waals surface area contributed by atoms with Gasteiger partial charge in [-0.1, -0.05) is 6.07 Å². The molecule has 1 aromatic heterocycles. The number of halogens is 1. The number of nitrogens with zero attached hydrogens (tertiary/aromatic N) is 2. The molecule has 1 N–H and O–H groups in total. The van der Waals surface area contributed by atoms with Crippen LogP contribution >= 0.6 is 0 Å². The minimum absolute atomic E-state index is 0.223. The second-order valence-electron chi connectivity index (χ2n) is 9.41. The molecule has 2 heterocycles. The quantitative estimate of drug-likeness (QED) is 0.706. The Morgan fingerprint density at radius 3 is 2.38 bits per heavy atom. The zero-order valence-electron chi connectivity index (χ0n) is 19.2. The molecule has 1 aromatic carbocycles. The molecule has 0 spiro atoms. The molecule has 2 amide bonds. The Morgan fingerprint density at radius 1 is 1.16 bits per heavy atom. The Balaban J connectivity index is 1.66. The molecular weight excluding hydrogens is 409 g/mol. The van der Waals surface area contributed by atoms with Gasteiger partial charge in [0, 0.05) is 30.5 Å². The van der Waals surface area contributed by atoms with Crippen molar-refractivity contribution in [3.63, 3.8) is 0 Å². The number of aromatic nitrogens is 1. The van der Waals surface area contributed by atoms with Crippen LogP contribution in [0.15, 0.2) is 42.6 Å². The minimum Gasteiger partial charge on any atom is -0.444 e. The van der Waals surface area contributed by atoms with E-state index >= 15 is 0 Å². The van der Waals surface area contributed by atoms with Gasteiger partial charge in [0.15, 0.2) is 0 Å². The lowest BCUT2D eigenvalue weighted by atomic mass is 9.88. The number of aryl methyl sites for hydroxylation is 1. The summed E-state index contributed by atoms with van der Waals surface area (Å²) in [7, 11) is 0. The van der Waals surface area contributed by atoms with Crippen molar-refractivity contribution in [2.45, 2.75) is 58.6 Å². The van der Waals surface area contributed by atoms with Crippen molar-refractivity contribution in [2.24, 2.45) is 5.92 Å². The maximum absolute atomic E-state index is 13.2. The molecule has 1 fully saturated rings. The Kier molecular flexibility index (Phi) is 7.48. The standard InChI is InChI=1S/C25H32FN3O3/c1-17-5-6-20(16-27-17)22(28-23(30)19-7-9-21(26)10-8-19)15-18-11-13-29(14-12-18)24(31)32-25(2,3)4/h5-10,16,18,22H,11-15H2,1-4H3,(H,28,30). The molecule has 1 saturated heterocycles. The third kappa shape index (κ3) is 6.77. The molecule has 32 heavy (non-hydrogen) atoms. The highest BCUT2D eigenvalue weighted by Gasteiger charge is 2.29. The average molecular weight is 442 g/mol. The smallest absolute Gasteiger partial charge is 0.410 e. The number of carbonyl (C=O) groups is 2. The fraction of sp³-hybridized carbons (Fsp3) is 0.480. The van der Waals surface area contributed by atoms with Crippen LogP contribution in [-0.2, 0) is 4.74 Å². The summed E-state index contributed by atoms with van der Waals surface area (Å²) in [5, 5.41) is 3.09. The first-order chi connectivity index (χ1) is 15.1. The number of pyridine rings is 1. The van der Waals surface area contributed by atoms with Crippen LogP contribution in [0.5, 0.6) is 0 Å². The van der Waals surface area contributed by atoms with E-state index in [1.54, 1.807) is 11.1 Å². The molecule has 3 rings (SSSR count). The van der Waals surface area contributed by atoms with Crippen molar-refractivity contribution in [1.29, 1.82) is 0 Å². The zero-order chi connectivity index (χ0) is 23.3. The highest BCUT2D eigenvalue weighted by atomic mass is 19.1. The van der Waals surface area contributed by atoms with Crippen LogP contribution in [0.1, 0.15) is 67.7 Å². The Labute approximate surface area is 189 Å². The van der Waals surface area contributed by atoms with Crippen LogP contribution in [0.3, 0.4) is 0 Å². The van der Waals surface area contributed by atoms with Gasteiger partial charge in [0.25, 0.3) is 5.91 Å². The monoisotopic (exact) mass is 441 g/mol. The fourth-order valence-electron chi connectivity index (χ4n) is 3.82. The Morgan fingerprint density at radius 2 is 1.81 bits per heavy atom. The van der Waals surface area contributed by atoms with Crippen LogP contribution in [0, 0.1) is 18.7 Å². The van der Waals surface area contributed by atoms with Crippen molar-refractivity contribution in [3.05, 3.63) is 65.2 Å². The zero-order valence-corrected chi connectivity index (χ0v) is 19.2. The summed E-state index contributed by atoms with van der Waals surface area (Å²) in [4.78, 5) is 31.3. The molecule has 1 atom stereocenters. The maximum Gasteiger partial charge on any atom is 0.410 e. The van der Waals surface area contributed by atoms with Gasteiger partial charge >= 0.3 is 6.09 Å². The number of benzene rings is 1. The largest absolute Gasteiger partial charge is 0.444 e.